The van der Waals surface area contributed by atoms with Gasteiger partial charge in [0, 0.05) is 13.2 Å². The third-order valence-electron chi connectivity index (χ3n) is 1.89. The molecule has 0 bridgehead atoms. The standard InChI is InChI=1S/C9H11N3O/c1-12-5-7(11-6-12)9(10)8-3-2-4-13-8/h2-6,9H,10H2,1H3. The van der Waals surface area contributed by atoms with Gasteiger partial charge >= 0.3 is 0 Å². The monoisotopic (exact) mass is 177 g/mol. The van der Waals surface area contributed by atoms with Crippen LogP contribution >= 0.6 is 0 Å². The second-order valence-corrected chi connectivity index (χ2v) is 2.96. The topological polar surface area (TPSA) is 57.0 Å². The van der Waals surface area contributed by atoms with E-state index in [9.17, 15) is 0 Å². The van der Waals surface area contributed by atoms with Crippen LogP contribution in [0.4, 0.5) is 0 Å². The highest BCUT2D eigenvalue weighted by atomic mass is 16.3. The van der Waals surface area contributed by atoms with E-state index in [4.69, 9.17) is 10.2 Å². The zero-order valence-corrected chi connectivity index (χ0v) is 7.34. The van der Waals surface area contributed by atoms with Crippen LogP contribution in [-0.2, 0) is 7.05 Å². The van der Waals surface area contributed by atoms with Crippen molar-refractivity contribution in [2.24, 2.45) is 12.8 Å². The first kappa shape index (κ1) is 8.07. The molecule has 0 aromatic carbocycles. The highest BCUT2D eigenvalue weighted by Crippen LogP contribution is 2.17. The van der Waals surface area contributed by atoms with Crippen molar-refractivity contribution in [1.82, 2.24) is 9.55 Å². The molecule has 2 aromatic rings. The molecule has 2 N–H and O–H groups in total. The Morgan fingerprint density at radius 2 is 2.46 bits per heavy atom. The van der Waals surface area contributed by atoms with E-state index >= 15 is 0 Å². The summed E-state index contributed by atoms with van der Waals surface area (Å²) in [6.45, 7) is 0. The summed E-state index contributed by atoms with van der Waals surface area (Å²) in [7, 11) is 1.91. The van der Waals surface area contributed by atoms with E-state index in [1.165, 1.54) is 0 Å². The van der Waals surface area contributed by atoms with Gasteiger partial charge < -0.3 is 14.7 Å². The first-order valence-electron chi connectivity index (χ1n) is 4.04. The molecular weight excluding hydrogens is 166 g/mol. The number of rotatable bonds is 2. The molecule has 0 fully saturated rings. The van der Waals surface area contributed by atoms with Gasteiger partial charge in [-0.2, -0.15) is 0 Å². The second kappa shape index (κ2) is 3.06. The average molecular weight is 177 g/mol. The first-order chi connectivity index (χ1) is 6.27. The summed E-state index contributed by atoms with van der Waals surface area (Å²) < 4.78 is 7.04. The fourth-order valence-corrected chi connectivity index (χ4v) is 1.21. The summed E-state index contributed by atoms with van der Waals surface area (Å²) in [4.78, 5) is 4.15. The molecule has 4 heteroatoms. The number of imidazole rings is 1. The number of nitrogens with zero attached hydrogens (tertiary/aromatic N) is 2. The van der Waals surface area contributed by atoms with Crippen molar-refractivity contribution in [2.75, 3.05) is 0 Å². The minimum absolute atomic E-state index is 0.267. The molecule has 1 atom stereocenters. The number of aryl methyl sites for hydroxylation is 1. The SMILES string of the molecule is Cn1cnc(C(N)c2ccco2)c1. The minimum Gasteiger partial charge on any atom is -0.467 e. The third kappa shape index (κ3) is 1.48. The molecule has 0 radical (unpaired) electrons. The summed E-state index contributed by atoms with van der Waals surface area (Å²) in [6, 6.07) is 3.40. The van der Waals surface area contributed by atoms with Gasteiger partial charge in [0.25, 0.3) is 0 Å². The smallest absolute Gasteiger partial charge is 0.126 e. The lowest BCUT2D eigenvalue weighted by atomic mass is 10.2. The van der Waals surface area contributed by atoms with E-state index in [0.29, 0.717) is 0 Å². The number of aromatic nitrogens is 2. The highest BCUT2D eigenvalue weighted by Gasteiger charge is 2.13. The second-order valence-electron chi connectivity index (χ2n) is 2.96. The molecular formula is C9H11N3O. The molecule has 0 spiro atoms. The maximum absolute atomic E-state index is 5.90. The number of nitrogens with two attached hydrogens (primary N) is 1. The largest absolute Gasteiger partial charge is 0.467 e. The van der Waals surface area contributed by atoms with Crippen molar-refractivity contribution in [2.45, 2.75) is 6.04 Å². The summed E-state index contributed by atoms with van der Waals surface area (Å²) >= 11 is 0. The van der Waals surface area contributed by atoms with Crippen molar-refractivity contribution in [3.8, 4) is 0 Å². The van der Waals surface area contributed by atoms with Crippen LogP contribution in [0.5, 0.6) is 0 Å². The number of hydrogen-bond donors (Lipinski definition) is 1. The van der Waals surface area contributed by atoms with Gasteiger partial charge in [0.2, 0.25) is 0 Å². The van der Waals surface area contributed by atoms with E-state index in [2.05, 4.69) is 4.98 Å². The molecule has 4 nitrogen and oxygen atoms in total. The van der Waals surface area contributed by atoms with E-state index in [1.54, 1.807) is 12.6 Å². The van der Waals surface area contributed by atoms with Crippen molar-refractivity contribution < 1.29 is 4.42 Å². The van der Waals surface area contributed by atoms with Crippen molar-refractivity contribution in [1.29, 1.82) is 0 Å². The first-order valence-corrected chi connectivity index (χ1v) is 4.04. The molecule has 0 amide bonds. The molecule has 13 heavy (non-hydrogen) atoms. The maximum atomic E-state index is 5.90. The quantitative estimate of drug-likeness (QED) is 0.746. The van der Waals surface area contributed by atoms with Crippen LogP contribution in [0.2, 0.25) is 0 Å². The predicted octanol–water partition coefficient (Wildman–Crippen LogP) is 1.06. The van der Waals surface area contributed by atoms with Crippen LogP contribution < -0.4 is 5.73 Å². The normalized spacial score (nSPS) is 13.1. The lowest BCUT2D eigenvalue weighted by molar-refractivity contribution is 0.487. The summed E-state index contributed by atoms with van der Waals surface area (Å²) in [6.07, 6.45) is 5.21. The molecule has 0 aliphatic carbocycles. The van der Waals surface area contributed by atoms with Crippen molar-refractivity contribution in [3.05, 3.63) is 42.4 Å². The Bertz CT molecular complexity index is 377. The van der Waals surface area contributed by atoms with Crippen LogP contribution in [0, 0.1) is 0 Å². The van der Waals surface area contributed by atoms with Crippen LogP contribution in [0.1, 0.15) is 17.5 Å². The van der Waals surface area contributed by atoms with Gasteiger partial charge in [0.1, 0.15) is 11.8 Å². The number of hydrogen-bond acceptors (Lipinski definition) is 3. The van der Waals surface area contributed by atoms with Gasteiger partial charge in [-0.1, -0.05) is 0 Å². The summed E-state index contributed by atoms with van der Waals surface area (Å²) in [5, 5.41) is 0. The summed E-state index contributed by atoms with van der Waals surface area (Å²) in [5.74, 6) is 0.735. The zero-order valence-electron chi connectivity index (χ0n) is 7.34. The molecule has 0 aliphatic heterocycles. The van der Waals surface area contributed by atoms with Crippen LogP contribution in [0.15, 0.2) is 35.3 Å². The molecule has 2 rings (SSSR count). The van der Waals surface area contributed by atoms with Crippen LogP contribution in [0.25, 0.3) is 0 Å². The molecule has 2 aromatic heterocycles. The number of furan rings is 1. The predicted molar refractivity (Wildman–Crippen MR) is 47.9 cm³/mol. The molecule has 1 unspecified atom stereocenters. The van der Waals surface area contributed by atoms with Gasteiger partial charge in [-0.15, -0.1) is 0 Å². The Morgan fingerprint density at radius 1 is 1.62 bits per heavy atom. The molecule has 0 saturated heterocycles. The van der Waals surface area contributed by atoms with Gasteiger partial charge in [-0.05, 0) is 12.1 Å². The molecule has 0 saturated carbocycles. The average Bonchev–Trinajstić information content (AvgIpc) is 2.72. The lowest BCUT2D eigenvalue weighted by Gasteiger charge is -2.03. The maximum Gasteiger partial charge on any atom is 0.126 e. The molecule has 68 valence electrons. The fourth-order valence-electron chi connectivity index (χ4n) is 1.21. The third-order valence-corrected chi connectivity index (χ3v) is 1.89. The van der Waals surface area contributed by atoms with E-state index in [1.807, 2.05) is 29.9 Å². The van der Waals surface area contributed by atoms with Gasteiger partial charge in [-0.25, -0.2) is 4.98 Å². The Labute approximate surface area is 76.0 Å². The molecule has 0 aliphatic rings. The summed E-state index contributed by atoms with van der Waals surface area (Å²) in [5.41, 5.74) is 6.72. The van der Waals surface area contributed by atoms with Crippen LogP contribution in [-0.4, -0.2) is 9.55 Å². The van der Waals surface area contributed by atoms with Crippen molar-refractivity contribution >= 4 is 0 Å². The van der Waals surface area contributed by atoms with E-state index < -0.39 is 0 Å². The fraction of sp³-hybridized carbons (Fsp3) is 0.222. The lowest BCUT2D eigenvalue weighted by Crippen LogP contribution is -2.11. The highest BCUT2D eigenvalue weighted by molar-refractivity contribution is 5.16. The van der Waals surface area contributed by atoms with E-state index in [0.717, 1.165) is 11.5 Å². The molecule has 2 heterocycles. The Kier molecular flexibility index (Phi) is 1.90. The van der Waals surface area contributed by atoms with E-state index in [-0.39, 0.29) is 6.04 Å². The van der Waals surface area contributed by atoms with Gasteiger partial charge in [0.15, 0.2) is 0 Å². The Morgan fingerprint density at radius 3 is 3.00 bits per heavy atom. The van der Waals surface area contributed by atoms with Crippen LogP contribution in [0.3, 0.4) is 0 Å². The van der Waals surface area contributed by atoms with Crippen molar-refractivity contribution in [3.63, 3.8) is 0 Å². The zero-order chi connectivity index (χ0) is 9.26. The Hall–Kier alpha value is -1.55. The van der Waals surface area contributed by atoms with Gasteiger partial charge in [-0.3, -0.25) is 0 Å². The minimum atomic E-state index is -0.267. The van der Waals surface area contributed by atoms with Gasteiger partial charge in [0.05, 0.1) is 18.3 Å². The Balaban J connectivity index is 2.28.